The second-order valence-corrected chi connectivity index (χ2v) is 8.35. The van der Waals surface area contributed by atoms with E-state index in [1.165, 1.54) is 12.0 Å². The molecule has 0 saturated carbocycles. The van der Waals surface area contributed by atoms with Gasteiger partial charge in [0, 0.05) is 5.56 Å². The Hall–Kier alpha value is -3.06. The zero-order valence-electron chi connectivity index (χ0n) is 18.5. The SMILES string of the molecule is COC(=O)[C@H]1OC(c2ccc(OC)cc2)N(C(=O)OC(C)(C)C)[C@H]1Cc1ccccc1. The molecule has 1 aliphatic rings. The topological polar surface area (TPSA) is 74.3 Å². The van der Waals surface area contributed by atoms with E-state index in [-0.39, 0.29) is 0 Å². The molecule has 3 rings (SSSR count). The van der Waals surface area contributed by atoms with Crippen LogP contribution in [0, 0.1) is 0 Å². The summed E-state index contributed by atoms with van der Waals surface area (Å²) in [4.78, 5) is 27.4. The molecule has 1 saturated heterocycles. The van der Waals surface area contributed by atoms with Crippen LogP contribution < -0.4 is 4.74 Å². The Kier molecular flexibility index (Phi) is 6.85. The number of carbonyl (C=O) groups excluding carboxylic acids is 2. The number of hydrogen-bond donors (Lipinski definition) is 0. The van der Waals surface area contributed by atoms with Gasteiger partial charge in [-0.25, -0.2) is 9.59 Å². The van der Waals surface area contributed by atoms with Gasteiger partial charge in [-0.2, -0.15) is 0 Å². The Morgan fingerprint density at radius 1 is 1.00 bits per heavy atom. The first-order chi connectivity index (χ1) is 14.7. The summed E-state index contributed by atoms with van der Waals surface area (Å²) < 4.78 is 22.0. The first-order valence-electron chi connectivity index (χ1n) is 10.2. The molecule has 1 fully saturated rings. The van der Waals surface area contributed by atoms with Crippen LogP contribution in [0.3, 0.4) is 0 Å². The van der Waals surface area contributed by atoms with E-state index in [2.05, 4.69) is 0 Å². The molecule has 0 aliphatic carbocycles. The maximum absolute atomic E-state index is 13.3. The van der Waals surface area contributed by atoms with E-state index in [1.54, 1.807) is 52.1 Å². The fraction of sp³-hybridized carbons (Fsp3) is 0.417. The lowest BCUT2D eigenvalue weighted by molar-refractivity contribution is -0.154. The molecule has 2 aromatic carbocycles. The molecule has 0 radical (unpaired) electrons. The number of nitrogens with zero attached hydrogens (tertiary/aromatic N) is 1. The number of hydrogen-bond acceptors (Lipinski definition) is 6. The van der Waals surface area contributed by atoms with Gasteiger partial charge >= 0.3 is 12.1 Å². The molecule has 0 aromatic heterocycles. The predicted octanol–water partition coefficient (Wildman–Crippen LogP) is 4.11. The van der Waals surface area contributed by atoms with Crippen molar-refractivity contribution in [3.63, 3.8) is 0 Å². The molecule has 2 aromatic rings. The van der Waals surface area contributed by atoms with Gasteiger partial charge in [-0.3, -0.25) is 4.90 Å². The van der Waals surface area contributed by atoms with Crippen molar-refractivity contribution < 1.29 is 28.5 Å². The molecule has 7 nitrogen and oxygen atoms in total. The molecule has 3 atom stereocenters. The molecule has 7 heteroatoms. The van der Waals surface area contributed by atoms with E-state index < -0.39 is 36.0 Å². The lowest BCUT2D eigenvalue weighted by Gasteiger charge is -2.31. The molecule has 0 spiro atoms. The van der Waals surface area contributed by atoms with Gasteiger partial charge in [0.15, 0.2) is 12.3 Å². The molecule has 166 valence electrons. The summed E-state index contributed by atoms with van der Waals surface area (Å²) in [6.45, 7) is 5.40. The van der Waals surface area contributed by atoms with Crippen molar-refractivity contribution in [2.45, 2.75) is 51.2 Å². The molecule has 0 bridgehead atoms. The van der Waals surface area contributed by atoms with Crippen molar-refractivity contribution in [1.82, 2.24) is 4.90 Å². The van der Waals surface area contributed by atoms with Crippen molar-refractivity contribution in [3.8, 4) is 5.75 Å². The van der Waals surface area contributed by atoms with E-state index >= 15 is 0 Å². The Labute approximate surface area is 182 Å². The number of esters is 1. The van der Waals surface area contributed by atoms with Gasteiger partial charge in [0.1, 0.15) is 11.4 Å². The third kappa shape index (κ3) is 5.35. The third-order valence-electron chi connectivity index (χ3n) is 4.96. The van der Waals surface area contributed by atoms with Crippen LogP contribution in [0.15, 0.2) is 54.6 Å². The fourth-order valence-electron chi connectivity index (χ4n) is 3.56. The van der Waals surface area contributed by atoms with Crippen LogP contribution in [0.5, 0.6) is 5.75 Å². The molecule has 1 amide bonds. The van der Waals surface area contributed by atoms with Gasteiger partial charge in [0.05, 0.1) is 20.3 Å². The van der Waals surface area contributed by atoms with E-state index in [0.717, 1.165) is 5.56 Å². The van der Waals surface area contributed by atoms with E-state index in [0.29, 0.717) is 17.7 Å². The first-order valence-corrected chi connectivity index (χ1v) is 10.2. The summed E-state index contributed by atoms with van der Waals surface area (Å²) >= 11 is 0. The maximum Gasteiger partial charge on any atom is 0.413 e. The highest BCUT2D eigenvalue weighted by Crippen LogP contribution is 2.38. The van der Waals surface area contributed by atoms with Crippen LogP contribution in [0.4, 0.5) is 4.79 Å². The highest BCUT2D eigenvalue weighted by molar-refractivity contribution is 5.78. The Morgan fingerprint density at radius 2 is 1.65 bits per heavy atom. The van der Waals surface area contributed by atoms with Crippen LogP contribution in [0.2, 0.25) is 0 Å². The summed E-state index contributed by atoms with van der Waals surface area (Å²) in [6.07, 6.45) is -1.91. The number of rotatable bonds is 5. The van der Waals surface area contributed by atoms with Gasteiger partial charge in [-0.1, -0.05) is 42.5 Å². The van der Waals surface area contributed by atoms with Crippen LogP contribution in [-0.4, -0.2) is 48.9 Å². The van der Waals surface area contributed by atoms with Crippen LogP contribution >= 0.6 is 0 Å². The normalized spacial score (nSPS) is 20.9. The highest BCUT2D eigenvalue weighted by atomic mass is 16.6. The van der Waals surface area contributed by atoms with Crippen molar-refractivity contribution in [2.24, 2.45) is 0 Å². The monoisotopic (exact) mass is 427 g/mol. The summed E-state index contributed by atoms with van der Waals surface area (Å²) in [5.74, 6) is 0.140. The summed E-state index contributed by atoms with van der Waals surface area (Å²) in [7, 11) is 2.89. The van der Waals surface area contributed by atoms with E-state index in [1.807, 2.05) is 30.3 Å². The first kappa shape index (κ1) is 22.6. The van der Waals surface area contributed by atoms with Crippen molar-refractivity contribution >= 4 is 12.1 Å². The minimum Gasteiger partial charge on any atom is -0.497 e. The smallest absolute Gasteiger partial charge is 0.413 e. The zero-order valence-corrected chi connectivity index (χ0v) is 18.5. The molecule has 1 aliphatic heterocycles. The molecular formula is C24H29NO6. The van der Waals surface area contributed by atoms with Crippen LogP contribution in [0.25, 0.3) is 0 Å². The van der Waals surface area contributed by atoms with Gasteiger partial charge < -0.3 is 18.9 Å². The predicted molar refractivity (Wildman–Crippen MR) is 115 cm³/mol. The largest absolute Gasteiger partial charge is 0.497 e. The Balaban J connectivity index is 2.02. The fourth-order valence-corrected chi connectivity index (χ4v) is 3.56. The number of benzene rings is 2. The second-order valence-electron chi connectivity index (χ2n) is 8.35. The Morgan fingerprint density at radius 3 is 2.19 bits per heavy atom. The van der Waals surface area contributed by atoms with E-state index in [9.17, 15) is 9.59 Å². The maximum atomic E-state index is 13.3. The Bertz CT molecular complexity index is 891. The van der Waals surface area contributed by atoms with E-state index in [4.69, 9.17) is 18.9 Å². The summed E-state index contributed by atoms with van der Waals surface area (Å²) in [6, 6.07) is 16.2. The van der Waals surface area contributed by atoms with Crippen molar-refractivity contribution in [2.75, 3.05) is 14.2 Å². The standard InChI is InChI=1S/C24H29NO6/c1-24(2,3)31-23(27)25-19(15-16-9-7-6-8-10-16)20(22(26)29-5)30-21(25)17-11-13-18(28-4)14-12-17/h6-14,19-21H,15H2,1-5H3/t19-,20-,21?/m0/s1. The lowest BCUT2D eigenvalue weighted by atomic mass is 10.0. The van der Waals surface area contributed by atoms with Crippen molar-refractivity contribution in [3.05, 3.63) is 65.7 Å². The summed E-state index contributed by atoms with van der Waals surface area (Å²) in [5.41, 5.74) is 0.965. The number of amides is 1. The minimum atomic E-state index is -0.954. The highest BCUT2D eigenvalue weighted by Gasteiger charge is 2.50. The second kappa shape index (κ2) is 9.39. The van der Waals surface area contributed by atoms with Crippen LogP contribution in [-0.2, 0) is 25.4 Å². The number of methoxy groups -OCH3 is 2. The molecule has 1 heterocycles. The van der Waals surface area contributed by atoms with Gasteiger partial charge in [0.25, 0.3) is 0 Å². The summed E-state index contributed by atoms with van der Waals surface area (Å²) in [5, 5.41) is 0. The molecule has 0 N–H and O–H groups in total. The molecular weight excluding hydrogens is 398 g/mol. The van der Waals surface area contributed by atoms with Gasteiger partial charge in [-0.15, -0.1) is 0 Å². The lowest BCUT2D eigenvalue weighted by Crippen LogP contribution is -2.46. The molecule has 31 heavy (non-hydrogen) atoms. The average molecular weight is 427 g/mol. The quantitative estimate of drug-likeness (QED) is 0.669. The molecule has 1 unspecified atom stereocenters. The number of ether oxygens (including phenoxy) is 4. The minimum absolute atomic E-state index is 0.409. The van der Waals surface area contributed by atoms with Crippen molar-refractivity contribution in [1.29, 1.82) is 0 Å². The number of carbonyl (C=O) groups is 2. The third-order valence-corrected chi connectivity index (χ3v) is 4.96. The zero-order chi connectivity index (χ0) is 22.6. The van der Waals surface area contributed by atoms with Gasteiger partial charge in [0.2, 0.25) is 0 Å². The van der Waals surface area contributed by atoms with Gasteiger partial charge in [-0.05, 0) is 44.9 Å². The average Bonchev–Trinajstić information content (AvgIpc) is 3.12. The van der Waals surface area contributed by atoms with Crippen LogP contribution in [0.1, 0.15) is 38.1 Å².